The molecule has 0 saturated carbocycles. The standard InChI is InChI=1S/C10H8BClN2O/c1-2-14-8-4-9(12)13-5-6(8)3-7(11)10(14)15/h3-5H,2H2,1H3. The van der Waals surface area contributed by atoms with Gasteiger partial charge in [-0.25, -0.2) is 4.98 Å². The molecule has 0 aliphatic carbocycles. The summed E-state index contributed by atoms with van der Waals surface area (Å²) in [6.45, 7) is 2.44. The predicted octanol–water partition coefficient (Wildman–Crippen LogP) is 0.864. The molecule has 5 heteroatoms. The largest absolute Gasteiger partial charge is 0.309 e. The van der Waals surface area contributed by atoms with Crippen molar-refractivity contribution in [3.05, 3.63) is 33.8 Å². The van der Waals surface area contributed by atoms with E-state index in [0.717, 1.165) is 10.9 Å². The highest BCUT2D eigenvalue weighted by molar-refractivity contribution is 6.33. The van der Waals surface area contributed by atoms with E-state index in [2.05, 4.69) is 4.98 Å². The van der Waals surface area contributed by atoms with Crippen LogP contribution in [0, 0.1) is 0 Å². The minimum absolute atomic E-state index is 0.188. The molecule has 0 aliphatic rings. The summed E-state index contributed by atoms with van der Waals surface area (Å²) in [7, 11) is 5.61. The molecule has 2 aromatic heterocycles. The summed E-state index contributed by atoms with van der Waals surface area (Å²) in [6, 6.07) is 3.29. The number of aryl methyl sites for hydroxylation is 1. The second kappa shape index (κ2) is 3.70. The van der Waals surface area contributed by atoms with Gasteiger partial charge in [-0.1, -0.05) is 17.7 Å². The van der Waals surface area contributed by atoms with Gasteiger partial charge in [0.25, 0.3) is 0 Å². The molecular formula is C10H8BClN2O. The van der Waals surface area contributed by atoms with Gasteiger partial charge >= 0.3 is 0 Å². The van der Waals surface area contributed by atoms with E-state index in [0.29, 0.717) is 11.7 Å². The topological polar surface area (TPSA) is 34.9 Å². The SMILES string of the molecule is [B]c1cc2cnc(Cl)cc2n(CC)c1=O. The summed E-state index contributed by atoms with van der Waals surface area (Å²) < 4.78 is 1.58. The number of rotatable bonds is 1. The van der Waals surface area contributed by atoms with Crippen molar-refractivity contribution in [3.63, 3.8) is 0 Å². The lowest BCUT2D eigenvalue weighted by atomic mass is 9.96. The van der Waals surface area contributed by atoms with Gasteiger partial charge in [0, 0.05) is 18.1 Å². The second-order valence-corrected chi connectivity index (χ2v) is 3.60. The van der Waals surface area contributed by atoms with Crippen molar-refractivity contribution in [2.45, 2.75) is 13.5 Å². The van der Waals surface area contributed by atoms with Gasteiger partial charge in [-0.2, -0.15) is 0 Å². The summed E-state index contributed by atoms with van der Waals surface area (Å²) in [5, 5.41) is 1.19. The molecule has 0 amide bonds. The van der Waals surface area contributed by atoms with Crippen molar-refractivity contribution in [2.75, 3.05) is 0 Å². The van der Waals surface area contributed by atoms with Crippen molar-refractivity contribution in [1.82, 2.24) is 9.55 Å². The van der Waals surface area contributed by atoms with Crippen LogP contribution < -0.4 is 11.0 Å². The van der Waals surface area contributed by atoms with Crippen LogP contribution in [0.15, 0.2) is 23.1 Å². The van der Waals surface area contributed by atoms with E-state index < -0.39 is 0 Å². The molecule has 2 rings (SSSR count). The third kappa shape index (κ3) is 1.65. The summed E-state index contributed by atoms with van der Waals surface area (Å²) in [4.78, 5) is 15.6. The molecule has 74 valence electrons. The van der Waals surface area contributed by atoms with Crippen LogP contribution in [0.4, 0.5) is 0 Å². The normalized spacial score (nSPS) is 10.8. The molecule has 15 heavy (non-hydrogen) atoms. The van der Waals surface area contributed by atoms with Gasteiger partial charge in [-0.3, -0.25) is 4.79 Å². The summed E-state index contributed by atoms with van der Waals surface area (Å²) in [5.74, 6) is 0. The number of pyridine rings is 2. The first-order chi connectivity index (χ1) is 7.13. The van der Waals surface area contributed by atoms with E-state index in [-0.39, 0.29) is 11.0 Å². The van der Waals surface area contributed by atoms with E-state index in [1.54, 1.807) is 22.9 Å². The lowest BCUT2D eigenvalue weighted by Crippen LogP contribution is -2.34. The van der Waals surface area contributed by atoms with Crippen LogP contribution in [0.25, 0.3) is 10.9 Å². The maximum Gasteiger partial charge on any atom is 0.243 e. The molecule has 0 N–H and O–H groups in total. The monoisotopic (exact) mass is 218 g/mol. The average Bonchev–Trinajstić information content (AvgIpc) is 2.21. The van der Waals surface area contributed by atoms with E-state index in [4.69, 9.17) is 19.4 Å². The van der Waals surface area contributed by atoms with Crippen LogP contribution in [0.2, 0.25) is 5.15 Å². The number of hydrogen-bond acceptors (Lipinski definition) is 2. The van der Waals surface area contributed by atoms with Gasteiger partial charge < -0.3 is 4.57 Å². The third-order valence-electron chi connectivity index (χ3n) is 2.29. The Morgan fingerprint density at radius 2 is 2.27 bits per heavy atom. The highest BCUT2D eigenvalue weighted by atomic mass is 35.5. The molecule has 0 atom stereocenters. The second-order valence-electron chi connectivity index (χ2n) is 3.21. The number of aromatic nitrogens is 2. The van der Waals surface area contributed by atoms with E-state index in [1.165, 1.54) is 0 Å². The zero-order chi connectivity index (χ0) is 11.0. The van der Waals surface area contributed by atoms with Gasteiger partial charge in [0.1, 0.15) is 13.0 Å². The molecule has 2 heterocycles. The van der Waals surface area contributed by atoms with E-state index in [9.17, 15) is 4.79 Å². The maximum atomic E-state index is 11.7. The molecule has 0 aromatic carbocycles. The molecule has 3 nitrogen and oxygen atoms in total. The molecular weight excluding hydrogens is 210 g/mol. The Hall–Kier alpha value is -1.29. The lowest BCUT2D eigenvalue weighted by Gasteiger charge is -2.09. The van der Waals surface area contributed by atoms with Crippen molar-refractivity contribution < 1.29 is 0 Å². The Balaban J connectivity index is 2.96. The summed E-state index contributed by atoms with van der Waals surface area (Å²) in [5.41, 5.74) is 0.803. The van der Waals surface area contributed by atoms with Crippen molar-refractivity contribution >= 4 is 35.8 Å². The van der Waals surface area contributed by atoms with E-state index >= 15 is 0 Å². The van der Waals surface area contributed by atoms with Crippen molar-refractivity contribution in [1.29, 1.82) is 0 Å². The Bertz CT molecular complexity index is 579. The Labute approximate surface area is 93.1 Å². The summed E-state index contributed by atoms with van der Waals surface area (Å²) in [6.07, 6.45) is 1.61. The van der Waals surface area contributed by atoms with Gasteiger partial charge in [0.15, 0.2) is 0 Å². The van der Waals surface area contributed by atoms with Crippen LogP contribution in [-0.4, -0.2) is 17.4 Å². The highest BCUT2D eigenvalue weighted by Crippen LogP contribution is 2.14. The first kappa shape index (κ1) is 10.2. The van der Waals surface area contributed by atoms with Gasteiger partial charge in [0.2, 0.25) is 5.56 Å². The molecule has 0 saturated heterocycles. The minimum Gasteiger partial charge on any atom is -0.309 e. The van der Waals surface area contributed by atoms with Gasteiger partial charge in [-0.15, -0.1) is 0 Å². The highest BCUT2D eigenvalue weighted by Gasteiger charge is 2.05. The third-order valence-corrected chi connectivity index (χ3v) is 2.50. The molecule has 0 fully saturated rings. The number of hydrogen-bond donors (Lipinski definition) is 0. The Kier molecular flexibility index (Phi) is 2.53. The molecule has 0 spiro atoms. The number of fused-ring (bicyclic) bond motifs is 1. The Morgan fingerprint density at radius 1 is 1.53 bits per heavy atom. The molecule has 0 bridgehead atoms. The molecule has 2 radical (unpaired) electrons. The maximum absolute atomic E-state index is 11.7. The first-order valence-corrected chi connectivity index (χ1v) is 4.96. The summed E-state index contributed by atoms with van der Waals surface area (Å²) >= 11 is 5.78. The van der Waals surface area contributed by atoms with Gasteiger partial charge in [0.05, 0.1) is 5.52 Å². The quantitative estimate of drug-likeness (QED) is 0.526. The van der Waals surface area contributed by atoms with Crippen LogP contribution >= 0.6 is 11.6 Å². The van der Waals surface area contributed by atoms with Crippen LogP contribution in [0.5, 0.6) is 0 Å². The van der Waals surface area contributed by atoms with Crippen LogP contribution in [0.1, 0.15) is 6.92 Å². The van der Waals surface area contributed by atoms with Crippen molar-refractivity contribution in [3.8, 4) is 0 Å². The fourth-order valence-corrected chi connectivity index (χ4v) is 1.74. The lowest BCUT2D eigenvalue weighted by molar-refractivity contribution is 0.764. The fourth-order valence-electron chi connectivity index (χ4n) is 1.58. The Morgan fingerprint density at radius 3 is 2.93 bits per heavy atom. The first-order valence-electron chi connectivity index (χ1n) is 4.58. The molecule has 0 unspecified atom stereocenters. The average molecular weight is 218 g/mol. The van der Waals surface area contributed by atoms with Crippen molar-refractivity contribution in [2.24, 2.45) is 0 Å². The number of nitrogens with zero attached hydrogens (tertiary/aromatic N) is 2. The van der Waals surface area contributed by atoms with Crippen LogP contribution in [0.3, 0.4) is 0 Å². The van der Waals surface area contributed by atoms with Crippen LogP contribution in [-0.2, 0) is 6.54 Å². The number of halogens is 1. The van der Waals surface area contributed by atoms with E-state index in [1.807, 2.05) is 6.92 Å². The fraction of sp³-hybridized carbons (Fsp3) is 0.200. The molecule has 0 aliphatic heterocycles. The zero-order valence-electron chi connectivity index (χ0n) is 8.20. The smallest absolute Gasteiger partial charge is 0.243 e. The predicted molar refractivity (Wildman–Crippen MR) is 62.1 cm³/mol. The zero-order valence-corrected chi connectivity index (χ0v) is 8.95. The van der Waals surface area contributed by atoms with Gasteiger partial charge in [-0.05, 0) is 18.5 Å². The molecule has 2 aromatic rings. The minimum atomic E-state index is -0.188.